The summed E-state index contributed by atoms with van der Waals surface area (Å²) in [5.74, 6) is -0.199. The van der Waals surface area contributed by atoms with Crippen molar-refractivity contribution in [3.05, 3.63) is 59.4 Å². The summed E-state index contributed by atoms with van der Waals surface area (Å²) >= 11 is 5.78. The van der Waals surface area contributed by atoms with Crippen molar-refractivity contribution in [2.45, 2.75) is 0 Å². The average molecular weight is 273 g/mol. The highest BCUT2D eigenvalue weighted by molar-refractivity contribution is 6.30. The number of oxazole rings is 1. The second-order valence-electron chi connectivity index (χ2n) is 4.00. The molecule has 0 fully saturated rings. The van der Waals surface area contributed by atoms with Gasteiger partial charge in [0.05, 0.1) is 0 Å². The zero-order valence-corrected chi connectivity index (χ0v) is 10.5. The van der Waals surface area contributed by atoms with Crippen molar-refractivity contribution in [3.8, 4) is 0 Å². The molecule has 3 aromatic rings. The summed E-state index contributed by atoms with van der Waals surface area (Å²) in [6.45, 7) is 0. The third-order valence-corrected chi connectivity index (χ3v) is 2.95. The average Bonchev–Trinajstić information content (AvgIpc) is 2.87. The van der Waals surface area contributed by atoms with E-state index in [-0.39, 0.29) is 5.91 Å². The molecule has 0 atom stereocenters. The zero-order valence-electron chi connectivity index (χ0n) is 9.76. The molecule has 0 saturated carbocycles. The van der Waals surface area contributed by atoms with Gasteiger partial charge in [-0.2, -0.15) is 0 Å². The summed E-state index contributed by atoms with van der Waals surface area (Å²) in [7, 11) is 0. The van der Waals surface area contributed by atoms with Gasteiger partial charge in [-0.15, -0.1) is 0 Å². The van der Waals surface area contributed by atoms with E-state index >= 15 is 0 Å². The van der Waals surface area contributed by atoms with E-state index in [9.17, 15) is 4.79 Å². The van der Waals surface area contributed by atoms with Crippen LogP contribution in [0.2, 0.25) is 5.02 Å². The molecule has 5 heteroatoms. The van der Waals surface area contributed by atoms with Crippen LogP contribution < -0.4 is 5.32 Å². The normalized spacial score (nSPS) is 10.6. The van der Waals surface area contributed by atoms with Crippen LogP contribution in [-0.2, 0) is 0 Å². The minimum absolute atomic E-state index is 0.199. The summed E-state index contributed by atoms with van der Waals surface area (Å²) in [4.78, 5) is 16.0. The van der Waals surface area contributed by atoms with Crippen molar-refractivity contribution in [3.63, 3.8) is 0 Å². The Morgan fingerprint density at radius 3 is 2.74 bits per heavy atom. The minimum atomic E-state index is -0.199. The number of halogens is 1. The van der Waals surface area contributed by atoms with Gasteiger partial charge in [0.15, 0.2) is 12.0 Å². The Hall–Kier alpha value is -2.33. The van der Waals surface area contributed by atoms with Crippen LogP contribution >= 0.6 is 11.6 Å². The van der Waals surface area contributed by atoms with Gasteiger partial charge in [0.2, 0.25) is 0 Å². The highest BCUT2D eigenvalue weighted by Gasteiger charge is 2.07. The summed E-state index contributed by atoms with van der Waals surface area (Å²) in [6.07, 6.45) is 1.37. The van der Waals surface area contributed by atoms with Crippen molar-refractivity contribution in [1.82, 2.24) is 4.98 Å². The molecule has 4 nitrogen and oxygen atoms in total. The molecule has 19 heavy (non-hydrogen) atoms. The Morgan fingerprint density at radius 1 is 1.16 bits per heavy atom. The first-order valence-corrected chi connectivity index (χ1v) is 6.00. The molecule has 0 aliphatic heterocycles. The Bertz CT molecular complexity index is 735. The number of carbonyl (C=O) groups excluding carboxylic acids is 1. The summed E-state index contributed by atoms with van der Waals surface area (Å²) in [6, 6.07) is 12.0. The van der Waals surface area contributed by atoms with Crippen LogP contribution in [0.3, 0.4) is 0 Å². The smallest absolute Gasteiger partial charge is 0.255 e. The lowest BCUT2D eigenvalue weighted by molar-refractivity contribution is 0.102. The fourth-order valence-electron chi connectivity index (χ4n) is 1.74. The first-order valence-electron chi connectivity index (χ1n) is 5.62. The van der Waals surface area contributed by atoms with Crippen LogP contribution in [0.25, 0.3) is 11.1 Å². The maximum Gasteiger partial charge on any atom is 0.255 e. The zero-order chi connectivity index (χ0) is 13.2. The number of amides is 1. The number of rotatable bonds is 2. The number of hydrogen-bond acceptors (Lipinski definition) is 3. The van der Waals surface area contributed by atoms with Crippen molar-refractivity contribution in [1.29, 1.82) is 0 Å². The minimum Gasteiger partial charge on any atom is -0.443 e. The standard InChI is InChI=1S/C14H9ClN2O2/c15-10-3-1-9(2-4-10)14(18)17-11-5-6-12-13(7-11)19-8-16-12/h1-8H,(H,17,18). The first-order chi connectivity index (χ1) is 9.22. The van der Waals surface area contributed by atoms with Gasteiger partial charge in [0.25, 0.3) is 5.91 Å². The second kappa shape index (κ2) is 4.74. The van der Waals surface area contributed by atoms with Crippen LogP contribution in [0.4, 0.5) is 5.69 Å². The van der Waals surface area contributed by atoms with Crippen LogP contribution in [0, 0.1) is 0 Å². The molecule has 0 aliphatic carbocycles. The van der Waals surface area contributed by atoms with E-state index in [0.29, 0.717) is 21.9 Å². The number of fused-ring (bicyclic) bond motifs is 1. The third kappa shape index (κ3) is 2.44. The van der Waals surface area contributed by atoms with E-state index in [1.165, 1.54) is 6.39 Å². The monoisotopic (exact) mass is 272 g/mol. The van der Waals surface area contributed by atoms with E-state index in [1.807, 2.05) is 0 Å². The lowest BCUT2D eigenvalue weighted by atomic mass is 10.2. The number of nitrogens with one attached hydrogen (secondary N) is 1. The lowest BCUT2D eigenvalue weighted by Gasteiger charge is -2.04. The van der Waals surface area contributed by atoms with Gasteiger partial charge in [-0.25, -0.2) is 4.98 Å². The highest BCUT2D eigenvalue weighted by atomic mass is 35.5. The van der Waals surface area contributed by atoms with Gasteiger partial charge in [-0.3, -0.25) is 4.79 Å². The van der Waals surface area contributed by atoms with Gasteiger partial charge in [0, 0.05) is 22.3 Å². The number of hydrogen-bond donors (Lipinski definition) is 1. The third-order valence-electron chi connectivity index (χ3n) is 2.70. The molecule has 0 bridgehead atoms. The molecule has 0 saturated heterocycles. The van der Waals surface area contributed by atoms with E-state index in [1.54, 1.807) is 42.5 Å². The molecular weight excluding hydrogens is 264 g/mol. The molecule has 94 valence electrons. The van der Waals surface area contributed by atoms with Crippen LogP contribution in [0.1, 0.15) is 10.4 Å². The number of anilines is 1. The van der Waals surface area contributed by atoms with Crippen molar-refractivity contribution in [2.75, 3.05) is 5.32 Å². The quantitative estimate of drug-likeness (QED) is 0.773. The molecule has 3 rings (SSSR count). The topological polar surface area (TPSA) is 55.1 Å². The Kier molecular flexibility index (Phi) is 2.93. The van der Waals surface area contributed by atoms with Gasteiger partial charge in [0.1, 0.15) is 5.52 Å². The Balaban J connectivity index is 1.83. The molecule has 1 aromatic heterocycles. The van der Waals surface area contributed by atoms with E-state index in [4.69, 9.17) is 16.0 Å². The van der Waals surface area contributed by atoms with Crippen LogP contribution in [0.15, 0.2) is 53.3 Å². The van der Waals surface area contributed by atoms with Gasteiger partial charge in [-0.1, -0.05) is 11.6 Å². The van der Waals surface area contributed by atoms with Gasteiger partial charge < -0.3 is 9.73 Å². The summed E-state index contributed by atoms with van der Waals surface area (Å²) in [5, 5.41) is 3.39. The number of nitrogens with zero attached hydrogens (tertiary/aromatic N) is 1. The summed E-state index contributed by atoms with van der Waals surface area (Å²) < 4.78 is 5.18. The molecule has 0 radical (unpaired) electrons. The largest absolute Gasteiger partial charge is 0.443 e. The molecule has 0 spiro atoms. The molecule has 2 aromatic carbocycles. The molecule has 1 amide bonds. The molecular formula is C14H9ClN2O2. The molecule has 1 N–H and O–H groups in total. The molecule has 1 heterocycles. The fraction of sp³-hybridized carbons (Fsp3) is 0. The van der Waals surface area contributed by atoms with Gasteiger partial charge in [-0.05, 0) is 36.4 Å². The number of benzene rings is 2. The van der Waals surface area contributed by atoms with Gasteiger partial charge >= 0.3 is 0 Å². The predicted molar refractivity (Wildman–Crippen MR) is 73.4 cm³/mol. The van der Waals surface area contributed by atoms with E-state index in [0.717, 1.165) is 5.52 Å². The maximum atomic E-state index is 12.0. The van der Waals surface area contributed by atoms with Crippen molar-refractivity contribution >= 4 is 34.3 Å². The lowest BCUT2D eigenvalue weighted by Crippen LogP contribution is -2.11. The van der Waals surface area contributed by atoms with Crippen LogP contribution in [-0.4, -0.2) is 10.9 Å². The van der Waals surface area contributed by atoms with Crippen molar-refractivity contribution < 1.29 is 9.21 Å². The Morgan fingerprint density at radius 2 is 1.95 bits per heavy atom. The number of aromatic nitrogens is 1. The van der Waals surface area contributed by atoms with E-state index < -0.39 is 0 Å². The number of carbonyl (C=O) groups is 1. The predicted octanol–water partition coefficient (Wildman–Crippen LogP) is 3.73. The van der Waals surface area contributed by atoms with Crippen molar-refractivity contribution in [2.24, 2.45) is 0 Å². The van der Waals surface area contributed by atoms with Crippen LogP contribution in [0.5, 0.6) is 0 Å². The highest BCUT2D eigenvalue weighted by Crippen LogP contribution is 2.18. The fourth-order valence-corrected chi connectivity index (χ4v) is 1.86. The SMILES string of the molecule is O=C(Nc1ccc2ncoc2c1)c1ccc(Cl)cc1. The first kappa shape index (κ1) is 11.7. The summed E-state index contributed by atoms with van der Waals surface area (Å²) in [5.41, 5.74) is 2.59. The van der Waals surface area contributed by atoms with E-state index in [2.05, 4.69) is 10.3 Å². The molecule has 0 aliphatic rings. The maximum absolute atomic E-state index is 12.0. The Labute approximate surface area is 114 Å². The molecule has 0 unspecified atom stereocenters. The second-order valence-corrected chi connectivity index (χ2v) is 4.43.